The molecule has 1 amide bonds. The molecule has 2 aliphatic rings. The molecule has 44 heavy (non-hydrogen) atoms. The molecular weight excluding hydrogens is 564 g/mol. The van der Waals surface area contributed by atoms with E-state index in [1.807, 2.05) is 64.1 Å². The number of benzene rings is 2. The number of aliphatic hydroxyl groups is 2. The van der Waals surface area contributed by atoms with Gasteiger partial charge in [-0.25, -0.2) is 4.79 Å². The van der Waals surface area contributed by atoms with Crippen LogP contribution in [0.15, 0.2) is 42.5 Å². The van der Waals surface area contributed by atoms with Crippen molar-refractivity contribution in [2.45, 2.75) is 71.1 Å². The summed E-state index contributed by atoms with van der Waals surface area (Å²) < 4.78 is 29.0. The Balaban J connectivity index is 1.51. The average molecular weight is 615 g/mol. The Kier molecular flexibility index (Phi) is 11.9. The van der Waals surface area contributed by atoms with Crippen molar-refractivity contribution in [1.29, 1.82) is 0 Å². The Morgan fingerprint density at radius 3 is 2.57 bits per heavy atom. The van der Waals surface area contributed by atoms with Crippen LogP contribution in [0.2, 0.25) is 0 Å². The van der Waals surface area contributed by atoms with E-state index >= 15 is 0 Å². The topological polar surface area (TPSA) is 110 Å². The smallest absolute Gasteiger partial charge is 0.410 e. The number of likely N-dealkylation sites (tertiary alicyclic amines) is 1. The summed E-state index contributed by atoms with van der Waals surface area (Å²) in [4.78, 5) is 16.9. The molecule has 2 heterocycles. The summed E-state index contributed by atoms with van der Waals surface area (Å²) in [5, 5.41) is 21.4. The fourth-order valence-electron chi connectivity index (χ4n) is 5.48. The van der Waals surface area contributed by atoms with E-state index < -0.39 is 23.4 Å². The van der Waals surface area contributed by atoms with Crippen LogP contribution in [0, 0.1) is 5.92 Å². The van der Waals surface area contributed by atoms with E-state index in [-0.39, 0.29) is 25.7 Å². The lowest BCUT2D eigenvalue weighted by Gasteiger charge is -2.44. The van der Waals surface area contributed by atoms with Crippen molar-refractivity contribution in [2.75, 3.05) is 64.6 Å². The van der Waals surface area contributed by atoms with Gasteiger partial charge in [-0.05, 0) is 56.0 Å². The summed E-state index contributed by atoms with van der Waals surface area (Å²) in [6.07, 6.45) is 0.0992. The van der Waals surface area contributed by atoms with Gasteiger partial charge in [0.2, 0.25) is 0 Å². The van der Waals surface area contributed by atoms with Crippen molar-refractivity contribution >= 4 is 11.8 Å². The normalized spacial score (nSPS) is 21.0. The van der Waals surface area contributed by atoms with Crippen molar-refractivity contribution in [1.82, 2.24) is 4.90 Å². The van der Waals surface area contributed by atoms with Crippen LogP contribution in [-0.2, 0) is 37.8 Å². The highest BCUT2D eigenvalue weighted by atomic mass is 16.6. The number of hydrogen-bond donors (Lipinski definition) is 2. The van der Waals surface area contributed by atoms with Gasteiger partial charge in [0.15, 0.2) is 0 Å². The van der Waals surface area contributed by atoms with Gasteiger partial charge < -0.3 is 43.7 Å². The molecule has 0 bridgehead atoms. The first-order valence-corrected chi connectivity index (χ1v) is 15.6. The third kappa shape index (κ3) is 9.08. The Morgan fingerprint density at radius 2 is 1.86 bits per heavy atom. The second kappa shape index (κ2) is 15.4. The number of anilines is 1. The molecule has 2 N–H and O–H groups in total. The minimum absolute atomic E-state index is 0.0735. The van der Waals surface area contributed by atoms with Crippen LogP contribution in [-0.4, -0.2) is 92.6 Å². The number of amides is 1. The lowest BCUT2D eigenvalue weighted by Crippen LogP contribution is -2.56. The lowest BCUT2D eigenvalue weighted by molar-refractivity contribution is -0.154. The highest BCUT2D eigenvalue weighted by Crippen LogP contribution is 2.37. The Bertz CT molecular complexity index is 1200. The number of piperidine rings is 1. The number of hydrogen-bond acceptors (Lipinski definition) is 9. The van der Waals surface area contributed by atoms with Crippen molar-refractivity contribution in [3.05, 3.63) is 59.2 Å². The fraction of sp³-hybridized carbons (Fsp3) is 0.618. The van der Waals surface area contributed by atoms with Gasteiger partial charge in [-0.3, -0.25) is 0 Å². The molecule has 0 radical (unpaired) electrons. The highest BCUT2D eigenvalue weighted by Gasteiger charge is 2.45. The Hall–Kier alpha value is -2.89. The van der Waals surface area contributed by atoms with Gasteiger partial charge in [-0.1, -0.05) is 37.3 Å². The molecule has 1 unspecified atom stereocenters. The van der Waals surface area contributed by atoms with Gasteiger partial charge in [-0.2, -0.15) is 0 Å². The number of nitrogens with zero attached hydrogens (tertiary/aromatic N) is 2. The predicted octanol–water partition coefficient (Wildman–Crippen LogP) is 4.48. The molecule has 0 saturated carbocycles. The fourth-order valence-corrected chi connectivity index (χ4v) is 5.48. The molecule has 4 rings (SSSR count). The summed E-state index contributed by atoms with van der Waals surface area (Å²) in [5.74, 6) is 0.919. The van der Waals surface area contributed by atoms with Gasteiger partial charge in [0.25, 0.3) is 0 Å². The summed E-state index contributed by atoms with van der Waals surface area (Å²) in [6.45, 7) is 12.2. The zero-order valence-electron chi connectivity index (χ0n) is 26.9. The number of rotatable bonds is 13. The Labute approximate surface area is 261 Å². The van der Waals surface area contributed by atoms with Gasteiger partial charge in [0.1, 0.15) is 29.7 Å². The van der Waals surface area contributed by atoms with E-state index in [0.717, 1.165) is 47.6 Å². The number of carbonyl (C=O) groups is 1. The van der Waals surface area contributed by atoms with Crippen LogP contribution in [0.25, 0.3) is 0 Å². The van der Waals surface area contributed by atoms with Gasteiger partial charge in [0, 0.05) is 45.8 Å². The molecule has 10 nitrogen and oxygen atoms in total. The monoisotopic (exact) mass is 614 g/mol. The second-order valence-electron chi connectivity index (χ2n) is 12.9. The molecule has 1 saturated heterocycles. The molecule has 3 atom stereocenters. The number of methoxy groups -OCH3 is 1. The number of carbonyl (C=O) groups excluding carboxylic acids is 1. The average Bonchev–Trinajstić information content (AvgIpc) is 3.00. The van der Waals surface area contributed by atoms with E-state index in [9.17, 15) is 15.0 Å². The number of ether oxygens (including phenoxy) is 5. The van der Waals surface area contributed by atoms with E-state index in [1.165, 1.54) is 0 Å². The van der Waals surface area contributed by atoms with Gasteiger partial charge in [-0.15, -0.1) is 0 Å². The maximum Gasteiger partial charge on any atom is 0.410 e. The summed E-state index contributed by atoms with van der Waals surface area (Å²) in [7, 11) is 1.71. The molecule has 0 aliphatic carbocycles. The van der Waals surface area contributed by atoms with Crippen LogP contribution >= 0.6 is 0 Å². The maximum absolute atomic E-state index is 13.0. The zero-order valence-corrected chi connectivity index (χ0v) is 26.9. The third-order valence-electron chi connectivity index (χ3n) is 7.98. The van der Waals surface area contributed by atoms with Crippen LogP contribution < -0.4 is 9.64 Å². The van der Waals surface area contributed by atoms with Crippen molar-refractivity contribution in [3.63, 3.8) is 0 Å². The third-order valence-corrected chi connectivity index (χ3v) is 7.98. The molecule has 2 aliphatic heterocycles. The summed E-state index contributed by atoms with van der Waals surface area (Å²) in [6, 6.07) is 13.7. The molecule has 2 aromatic rings. The quantitative estimate of drug-likeness (QED) is 0.316. The first-order chi connectivity index (χ1) is 21.0. The first kappa shape index (κ1) is 34.0. The maximum atomic E-state index is 13.0. The molecule has 2 aromatic carbocycles. The van der Waals surface area contributed by atoms with E-state index in [0.29, 0.717) is 39.4 Å². The van der Waals surface area contributed by atoms with Crippen molar-refractivity contribution in [2.24, 2.45) is 5.92 Å². The van der Waals surface area contributed by atoms with E-state index in [4.69, 9.17) is 23.7 Å². The van der Waals surface area contributed by atoms with Gasteiger partial charge >= 0.3 is 6.09 Å². The van der Waals surface area contributed by atoms with E-state index in [2.05, 4.69) is 11.0 Å². The lowest BCUT2D eigenvalue weighted by atomic mass is 9.81. The molecule has 0 aromatic heterocycles. The predicted molar refractivity (Wildman–Crippen MR) is 168 cm³/mol. The standard InChI is InChI=1S/C34H50N2O8/c1-25(21-37)22-41-23-26-7-10-28(11-8-26)34(39)13-15-36(32(38)44-33(2,3)4)20-31(34)43-24-27-9-12-30-29(19-27)35(16-18-42-30)14-6-17-40-5/h7-12,19,25,31,37,39H,6,13-18,20-24H2,1-5H3/t25?,31-,34-/m0/s1. The number of fused-ring (bicyclic) bond motifs is 1. The van der Waals surface area contributed by atoms with Crippen LogP contribution in [0.1, 0.15) is 57.2 Å². The van der Waals surface area contributed by atoms with Crippen LogP contribution in [0.4, 0.5) is 10.5 Å². The Morgan fingerprint density at radius 1 is 1.11 bits per heavy atom. The summed E-state index contributed by atoms with van der Waals surface area (Å²) in [5.41, 5.74) is 1.72. The SMILES string of the molecule is COCCCN1CCOc2ccc(CO[C@H]3CN(C(=O)OC(C)(C)C)CC[C@]3(O)c3ccc(COCC(C)CO)cc3)cc21. The molecular formula is C34H50N2O8. The molecule has 10 heteroatoms. The van der Waals surface area contributed by atoms with Crippen molar-refractivity contribution in [3.8, 4) is 5.75 Å². The first-order valence-electron chi connectivity index (χ1n) is 15.6. The van der Waals surface area contributed by atoms with Crippen LogP contribution in [0.3, 0.4) is 0 Å². The highest BCUT2D eigenvalue weighted by molar-refractivity contribution is 5.68. The molecule has 0 spiro atoms. The zero-order chi connectivity index (χ0) is 31.7. The largest absolute Gasteiger partial charge is 0.490 e. The second-order valence-corrected chi connectivity index (χ2v) is 12.9. The van der Waals surface area contributed by atoms with E-state index in [1.54, 1.807) is 12.0 Å². The summed E-state index contributed by atoms with van der Waals surface area (Å²) >= 11 is 0. The minimum Gasteiger partial charge on any atom is -0.490 e. The molecule has 244 valence electrons. The van der Waals surface area contributed by atoms with Gasteiger partial charge in [0.05, 0.1) is 38.6 Å². The minimum atomic E-state index is -1.31. The number of aliphatic hydroxyl groups excluding tert-OH is 1. The van der Waals surface area contributed by atoms with Crippen LogP contribution in [0.5, 0.6) is 5.75 Å². The van der Waals surface area contributed by atoms with Crippen molar-refractivity contribution < 1.29 is 38.7 Å². The molecule has 1 fully saturated rings.